The van der Waals surface area contributed by atoms with Gasteiger partial charge in [0.05, 0.1) is 31.0 Å². The van der Waals surface area contributed by atoms with Crippen LogP contribution in [0, 0.1) is 0 Å². The van der Waals surface area contributed by atoms with Crippen molar-refractivity contribution < 1.29 is 9.53 Å². The lowest BCUT2D eigenvalue weighted by Gasteiger charge is -2.26. The molecule has 30 heavy (non-hydrogen) atoms. The zero-order valence-electron chi connectivity index (χ0n) is 17.9. The van der Waals surface area contributed by atoms with Crippen molar-refractivity contribution in [3.05, 3.63) is 16.6 Å². The lowest BCUT2D eigenvalue weighted by atomic mass is 10.1. The molecule has 2 aromatic heterocycles. The van der Waals surface area contributed by atoms with Gasteiger partial charge in [-0.05, 0) is 33.7 Å². The quantitative estimate of drug-likeness (QED) is 0.540. The fraction of sp³-hybridized carbons (Fsp3) is 0.700. The summed E-state index contributed by atoms with van der Waals surface area (Å²) in [6.45, 7) is 11.2. The van der Waals surface area contributed by atoms with Gasteiger partial charge in [0.15, 0.2) is 10.8 Å². The summed E-state index contributed by atoms with van der Waals surface area (Å²) in [5.41, 5.74) is 0.240. The minimum Gasteiger partial charge on any atom is -0.379 e. The first-order valence-corrected chi connectivity index (χ1v) is 11.5. The number of carbonyl (C=O) groups excluding carboxylic acids is 1. The van der Waals surface area contributed by atoms with Crippen LogP contribution in [0.5, 0.6) is 0 Å². The predicted octanol–water partition coefficient (Wildman–Crippen LogP) is 1.22. The van der Waals surface area contributed by atoms with Crippen molar-refractivity contribution in [3.63, 3.8) is 0 Å². The van der Waals surface area contributed by atoms with E-state index in [-0.39, 0.29) is 29.5 Å². The average molecular weight is 435 g/mol. The van der Waals surface area contributed by atoms with E-state index in [9.17, 15) is 9.59 Å². The Morgan fingerprint density at radius 2 is 2.10 bits per heavy atom. The SMILES string of the molecule is CC(C)(C)n1ncc2c(=O)n3c(nc21)SCC3CC(=O)NCCCN1CCOCC1. The van der Waals surface area contributed by atoms with Crippen molar-refractivity contribution in [2.75, 3.05) is 45.1 Å². The van der Waals surface area contributed by atoms with Crippen LogP contribution in [-0.2, 0) is 15.1 Å². The second-order valence-electron chi connectivity index (χ2n) is 8.86. The number of thioether (sulfide) groups is 1. The minimum atomic E-state index is -0.260. The minimum absolute atomic E-state index is 0.0205. The largest absolute Gasteiger partial charge is 0.379 e. The highest BCUT2D eigenvalue weighted by Gasteiger charge is 2.30. The summed E-state index contributed by atoms with van der Waals surface area (Å²) in [7, 11) is 0. The van der Waals surface area contributed by atoms with E-state index in [1.807, 2.05) is 20.8 Å². The predicted molar refractivity (Wildman–Crippen MR) is 116 cm³/mol. The molecule has 1 amide bonds. The number of morpholine rings is 1. The molecular formula is C20H30N6O3S. The molecule has 0 aromatic carbocycles. The lowest BCUT2D eigenvalue weighted by molar-refractivity contribution is -0.121. The maximum absolute atomic E-state index is 13.1. The molecule has 4 heterocycles. The highest BCUT2D eigenvalue weighted by atomic mass is 32.2. The van der Waals surface area contributed by atoms with Gasteiger partial charge in [0, 0.05) is 31.8 Å². The van der Waals surface area contributed by atoms with Crippen LogP contribution >= 0.6 is 11.8 Å². The molecule has 164 valence electrons. The summed E-state index contributed by atoms with van der Waals surface area (Å²) in [6.07, 6.45) is 2.79. The number of hydrogen-bond acceptors (Lipinski definition) is 7. The highest BCUT2D eigenvalue weighted by molar-refractivity contribution is 7.99. The highest BCUT2D eigenvalue weighted by Crippen LogP contribution is 2.33. The molecule has 2 aromatic rings. The van der Waals surface area contributed by atoms with Crippen LogP contribution in [0.1, 0.15) is 39.7 Å². The zero-order chi connectivity index (χ0) is 21.3. The van der Waals surface area contributed by atoms with Gasteiger partial charge in [0.1, 0.15) is 5.39 Å². The van der Waals surface area contributed by atoms with Crippen LogP contribution < -0.4 is 10.9 Å². The van der Waals surface area contributed by atoms with Crippen molar-refractivity contribution >= 4 is 28.7 Å². The van der Waals surface area contributed by atoms with Crippen molar-refractivity contribution in [2.24, 2.45) is 0 Å². The van der Waals surface area contributed by atoms with Crippen LogP contribution in [0.15, 0.2) is 16.1 Å². The van der Waals surface area contributed by atoms with Gasteiger partial charge in [-0.2, -0.15) is 5.10 Å². The Morgan fingerprint density at radius 1 is 1.33 bits per heavy atom. The van der Waals surface area contributed by atoms with E-state index in [2.05, 4.69) is 15.3 Å². The fourth-order valence-corrected chi connectivity index (χ4v) is 5.04. The standard InChI is InChI=1S/C20H30N6O3S/c1-20(2,3)26-17-15(12-22-26)18(28)25-14(13-30-19(25)23-17)11-16(27)21-5-4-6-24-7-9-29-10-8-24/h12,14H,4-11,13H2,1-3H3,(H,21,27). The topological polar surface area (TPSA) is 94.3 Å². The van der Waals surface area contributed by atoms with Crippen molar-refractivity contribution in [3.8, 4) is 0 Å². The van der Waals surface area contributed by atoms with Crippen molar-refractivity contribution in [1.82, 2.24) is 29.5 Å². The summed E-state index contributed by atoms with van der Waals surface area (Å²) in [5.74, 6) is 0.659. The Hall–Kier alpha value is -1.91. The first kappa shape index (κ1) is 21.3. The molecule has 0 saturated carbocycles. The van der Waals surface area contributed by atoms with Gasteiger partial charge in [-0.1, -0.05) is 11.8 Å². The Balaban J connectivity index is 1.38. The Kier molecular flexibility index (Phi) is 6.17. The number of carbonyl (C=O) groups is 1. The first-order chi connectivity index (χ1) is 14.3. The monoisotopic (exact) mass is 434 g/mol. The summed E-state index contributed by atoms with van der Waals surface area (Å²) in [4.78, 5) is 32.6. The Bertz CT molecular complexity index is 973. The summed E-state index contributed by atoms with van der Waals surface area (Å²) in [6, 6.07) is -0.174. The van der Waals surface area contributed by atoms with Crippen LogP contribution in [0.2, 0.25) is 0 Å². The number of aromatic nitrogens is 4. The van der Waals surface area contributed by atoms with E-state index < -0.39 is 0 Å². The molecule has 10 heteroatoms. The number of ether oxygens (including phenoxy) is 1. The molecular weight excluding hydrogens is 404 g/mol. The average Bonchev–Trinajstić information content (AvgIpc) is 3.31. The molecule has 0 bridgehead atoms. The third kappa shape index (κ3) is 4.40. The maximum atomic E-state index is 13.1. The Labute approximate surface area is 180 Å². The zero-order valence-corrected chi connectivity index (χ0v) is 18.7. The molecule has 1 fully saturated rings. The third-order valence-electron chi connectivity index (χ3n) is 5.50. The van der Waals surface area contributed by atoms with Crippen LogP contribution in [0.3, 0.4) is 0 Å². The van der Waals surface area contributed by atoms with Crippen LogP contribution in [0.25, 0.3) is 11.0 Å². The van der Waals surface area contributed by atoms with E-state index in [4.69, 9.17) is 9.72 Å². The second kappa shape index (κ2) is 8.68. The number of hydrogen-bond donors (Lipinski definition) is 1. The van der Waals surface area contributed by atoms with Gasteiger partial charge >= 0.3 is 0 Å². The van der Waals surface area contributed by atoms with Gasteiger partial charge < -0.3 is 10.1 Å². The Morgan fingerprint density at radius 3 is 2.83 bits per heavy atom. The summed E-state index contributed by atoms with van der Waals surface area (Å²) >= 11 is 1.53. The molecule has 1 unspecified atom stereocenters. The number of nitrogens with one attached hydrogen (secondary N) is 1. The van der Waals surface area contributed by atoms with Crippen LogP contribution in [-0.4, -0.2) is 75.3 Å². The molecule has 1 N–H and O–H groups in total. The fourth-order valence-electron chi connectivity index (χ4n) is 3.91. The molecule has 0 spiro atoms. The third-order valence-corrected chi connectivity index (χ3v) is 6.60. The van der Waals surface area contributed by atoms with Gasteiger partial charge in [0.2, 0.25) is 5.91 Å². The number of amides is 1. The second-order valence-corrected chi connectivity index (χ2v) is 9.85. The number of rotatable bonds is 6. The van der Waals surface area contributed by atoms with Gasteiger partial charge in [-0.25, -0.2) is 9.67 Å². The van der Waals surface area contributed by atoms with E-state index >= 15 is 0 Å². The molecule has 1 saturated heterocycles. The van der Waals surface area contributed by atoms with Crippen LogP contribution in [0.4, 0.5) is 0 Å². The van der Waals surface area contributed by atoms with Gasteiger partial charge in [0.25, 0.3) is 5.56 Å². The van der Waals surface area contributed by atoms with E-state index in [0.29, 0.717) is 28.5 Å². The number of nitrogens with zero attached hydrogens (tertiary/aromatic N) is 5. The maximum Gasteiger partial charge on any atom is 0.265 e. The van der Waals surface area contributed by atoms with E-state index in [0.717, 1.165) is 39.3 Å². The van der Waals surface area contributed by atoms with Crippen molar-refractivity contribution in [1.29, 1.82) is 0 Å². The van der Waals surface area contributed by atoms with E-state index in [1.165, 1.54) is 11.8 Å². The van der Waals surface area contributed by atoms with E-state index in [1.54, 1.807) is 15.4 Å². The molecule has 9 nitrogen and oxygen atoms in total. The number of fused-ring (bicyclic) bond motifs is 2. The van der Waals surface area contributed by atoms with Gasteiger partial charge in [-0.15, -0.1) is 0 Å². The molecule has 2 aliphatic rings. The van der Waals surface area contributed by atoms with Gasteiger partial charge in [-0.3, -0.25) is 19.1 Å². The smallest absolute Gasteiger partial charge is 0.265 e. The summed E-state index contributed by atoms with van der Waals surface area (Å²) in [5, 5.41) is 8.56. The molecule has 0 aliphatic carbocycles. The summed E-state index contributed by atoms with van der Waals surface area (Å²) < 4.78 is 8.82. The van der Waals surface area contributed by atoms with Crippen molar-refractivity contribution in [2.45, 2.75) is 50.4 Å². The normalized spacial score (nSPS) is 19.9. The first-order valence-electron chi connectivity index (χ1n) is 10.5. The molecule has 4 rings (SSSR count). The lowest BCUT2D eigenvalue weighted by Crippen LogP contribution is -2.38. The molecule has 0 radical (unpaired) electrons. The molecule has 1 atom stereocenters. The molecule has 2 aliphatic heterocycles.